The minimum atomic E-state index is -0.0186. The summed E-state index contributed by atoms with van der Waals surface area (Å²) in [6.45, 7) is 4.03. The molecule has 1 aromatic heterocycles. The van der Waals surface area contributed by atoms with E-state index in [1.54, 1.807) is 13.2 Å². The molecule has 0 saturated carbocycles. The van der Waals surface area contributed by atoms with Crippen LogP contribution in [0.25, 0.3) is 0 Å². The lowest BCUT2D eigenvalue weighted by molar-refractivity contribution is 0.0935. The summed E-state index contributed by atoms with van der Waals surface area (Å²) in [5.74, 6) is 1.26. The van der Waals surface area contributed by atoms with E-state index in [-0.39, 0.29) is 5.91 Å². The van der Waals surface area contributed by atoms with E-state index in [0.717, 1.165) is 39.0 Å². The molecule has 0 aliphatic carbocycles. The number of piperidine rings is 1. The first-order valence-corrected chi connectivity index (χ1v) is 9.29. The molecule has 0 bridgehead atoms. The summed E-state index contributed by atoms with van der Waals surface area (Å²) in [6.07, 6.45) is 2.29. The van der Waals surface area contributed by atoms with E-state index in [4.69, 9.17) is 4.74 Å². The van der Waals surface area contributed by atoms with Gasteiger partial charge in [0.05, 0.1) is 7.11 Å². The molecule has 1 aliphatic heterocycles. The molecular formula is C19H24N2O2S. The number of likely N-dealkylation sites (tertiary alicyclic amines) is 1. The molecule has 4 nitrogen and oxygen atoms in total. The fourth-order valence-electron chi connectivity index (χ4n) is 3.08. The van der Waals surface area contributed by atoms with Crippen LogP contribution < -0.4 is 10.1 Å². The second-order valence-electron chi connectivity index (χ2n) is 6.24. The van der Waals surface area contributed by atoms with Gasteiger partial charge in [-0.05, 0) is 61.5 Å². The molecule has 0 spiro atoms. The molecule has 128 valence electrons. The van der Waals surface area contributed by atoms with Crippen LogP contribution in [0.1, 0.15) is 28.1 Å². The van der Waals surface area contributed by atoms with Gasteiger partial charge in [-0.15, -0.1) is 11.3 Å². The molecule has 1 amide bonds. The first-order chi connectivity index (χ1) is 11.7. The predicted molar refractivity (Wildman–Crippen MR) is 97.6 cm³/mol. The molecule has 5 heteroatoms. The topological polar surface area (TPSA) is 41.6 Å². The first-order valence-electron chi connectivity index (χ1n) is 8.41. The van der Waals surface area contributed by atoms with E-state index in [0.29, 0.717) is 17.2 Å². The predicted octanol–water partition coefficient (Wildman–Crippen LogP) is 3.40. The lowest BCUT2D eigenvalue weighted by Gasteiger charge is -2.31. The van der Waals surface area contributed by atoms with Crippen LogP contribution in [0.2, 0.25) is 0 Å². The smallest absolute Gasteiger partial charge is 0.251 e. The third-order valence-electron chi connectivity index (χ3n) is 4.55. The molecular weight excluding hydrogens is 320 g/mol. The molecule has 0 unspecified atom stereocenters. The Hall–Kier alpha value is -1.85. The van der Waals surface area contributed by atoms with Crippen LogP contribution >= 0.6 is 11.3 Å². The number of nitrogens with one attached hydrogen (secondary N) is 1. The third kappa shape index (κ3) is 4.58. The number of hydrogen-bond donors (Lipinski definition) is 1. The van der Waals surface area contributed by atoms with Crippen molar-refractivity contribution in [3.8, 4) is 5.75 Å². The third-order valence-corrected chi connectivity index (χ3v) is 5.41. The van der Waals surface area contributed by atoms with Crippen LogP contribution in [0.5, 0.6) is 5.75 Å². The monoisotopic (exact) mass is 344 g/mol. The molecule has 2 heterocycles. The Morgan fingerprint density at radius 3 is 2.83 bits per heavy atom. The number of methoxy groups -OCH3 is 1. The van der Waals surface area contributed by atoms with Gasteiger partial charge in [-0.1, -0.05) is 12.1 Å². The first kappa shape index (κ1) is 17.0. The van der Waals surface area contributed by atoms with E-state index in [9.17, 15) is 4.79 Å². The summed E-state index contributed by atoms with van der Waals surface area (Å²) in [5.41, 5.74) is 0.657. The van der Waals surface area contributed by atoms with E-state index in [2.05, 4.69) is 27.7 Å². The molecule has 1 saturated heterocycles. The molecule has 0 atom stereocenters. The van der Waals surface area contributed by atoms with E-state index in [1.807, 2.05) is 29.5 Å². The lowest BCUT2D eigenvalue weighted by atomic mass is 9.96. The van der Waals surface area contributed by atoms with Gasteiger partial charge in [0.15, 0.2) is 0 Å². The van der Waals surface area contributed by atoms with Crippen LogP contribution in [0.15, 0.2) is 41.8 Å². The van der Waals surface area contributed by atoms with E-state index < -0.39 is 0 Å². The Labute approximate surface area is 147 Å². The van der Waals surface area contributed by atoms with Gasteiger partial charge >= 0.3 is 0 Å². The quantitative estimate of drug-likeness (QED) is 0.873. The number of carbonyl (C=O) groups excluding carboxylic acids is 1. The Balaban J connectivity index is 1.42. The van der Waals surface area contributed by atoms with Crippen LogP contribution in [-0.4, -0.2) is 37.6 Å². The maximum absolute atomic E-state index is 12.3. The summed E-state index contributed by atoms with van der Waals surface area (Å²) in [6, 6.07) is 11.6. The second-order valence-corrected chi connectivity index (χ2v) is 7.27. The van der Waals surface area contributed by atoms with Crippen molar-refractivity contribution < 1.29 is 9.53 Å². The van der Waals surface area contributed by atoms with Crippen LogP contribution in [0.3, 0.4) is 0 Å². The highest BCUT2D eigenvalue weighted by molar-refractivity contribution is 7.09. The van der Waals surface area contributed by atoms with Crippen molar-refractivity contribution in [2.75, 3.05) is 26.7 Å². The lowest BCUT2D eigenvalue weighted by Crippen LogP contribution is -2.38. The van der Waals surface area contributed by atoms with Gasteiger partial charge in [-0.3, -0.25) is 9.69 Å². The highest BCUT2D eigenvalue weighted by Crippen LogP contribution is 2.20. The van der Waals surface area contributed by atoms with Gasteiger partial charge in [0.25, 0.3) is 5.91 Å². The normalized spacial score (nSPS) is 16.0. The summed E-state index contributed by atoms with van der Waals surface area (Å²) >= 11 is 1.82. The van der Waals surface area contributed by atoms with Gasteiger partial charge in [0.2, 0.25) is 0 Å². The zero-order valence-electron chi connectivity index (χ0n) is 14.0. The number of nitrogens with zero attached hydrogens (tertiary/aromatic N) is 1. The number of amides is 1. The van der Waals surface area contributed by atoms with E-state index >= 15 is 0 Å². The largest absolute Gasteiger partial charge is 0.497 e. The SMILES string of the molecule is COc1cccc(C(=O)NCC2CCN(Cc3cccs3)CC2)c1. The molecule has 1 N–H and O–H groups in total. The fraction of sp³-hybridized carbons (Fsp3) is 0.421. The molecule has 1 aliphatic rings. The number of hydrogen-bond acceptors (Lipinski definition) is 4. The van der Waals surface area contributed by atoms with Gasteiger partial charge < -0.3 is 10.1 Å². The van der Waals surface area contributed by atoms with Crippen LogP contribution in [0, 0.1) is 5.92 Å². The molecule has 3 rings (SSSR count). The maximum Gasteiger partial charge on any atom is 0.251 e. The summed E-state index contributed by atoms with van der Waals surface area (Å²) in [5, 5.41) is 5.20. The highest BCUT2D eigenvalue weighted by atomic mass is 32.1. The Morgan fingerprint density at radius 2 is 2.12 bits per heavy atom. The number of ether oxygens (including phenoxy) is 1. The highest BCUT2D eigenvalue weighted by Gasteiger charge is 2.20. The minimum absolute atomic E-state index is 0.0186. The van der Waals surface area contributed by atoms with Crippen LogP contribution in [0.4, 0.5) is 0 Å². The number of rotatable bonds is 6. The second kappa shape index (κ2) is 8.31. The fourth-order valence-corrected chi connectivity index (χ4v) is 3.82. The van der Waals surface area contributed by atoms with E-state index in [1.165, 1.54) is 4.88 Å². The van der Waals surface area contributed by atoms with Crippen molar-refractivity contribution in [2.45, 2.75) is 19.4 Å². The number of benzene rings is 1. The summed E-state index contributed by atoms with van der Waals surface area (Å²) < 4.78 is 5.17. The van der Waals surface area contributed by atoms with Crippen molar-refractivity contribution in [1.82, 2.24) is 10.2 Å². The average molecular weight is 344 g/mol. The van der Waals surface area contributed by atoms with Gasteiger partial charge in [0.1, 0.15) is 5.75 Å². The molecule has 1 aromatic carbocycles. The van der Waals surface area contributed by atoms with Crippen molar-refractivity contribution >= 4 is 17.2 Å². The summed E-state index contributed by atoms with van der Waals surface area (Å²) in [4.78, 5) is 16.2. The molecule has 2 aromatic rings. The van der Waals surface area contributed by atoms with Crippen LogP contribution in [-0.2, 0) is 6.54 Å². The molecule has 1 fully saturated rings. The number of carbonyl (C=O) groups is 1. The minimum Gasteiger partial charge on any atom is -0.497 e. The van der Waals surface area contributed by atoms with Gasteiger partial charge in [-0.2, -0.15) is 0 Å². The Kier molecular flexibility index (Phi) is 5.88. The van der Waals surface area contributed by atoms with Crippen molar-refractivity contribution in [1.29, 1.82) is 0 Å². The van der Waals surface area contributed by atoms with Gasteiger partial charge in [0, 0.05) is 23.5 Å². The molecule has 24 heavy (non-hydrogen) atoms. The van der Waals surface area contributed by atoms with Gasteiger partial charge in [-0.25, -0.2) is 0 Å². The maximum atomic E-state index is 12.3. The van der Waals surface area contributed by atoms with Crippen molar-refractivity contribution in [2.24, 2.45) is 5.92 Å². The Bertz CT molecular complexity index is 649. The standard InChI is InChI=1S/C19H24N2O2S/c1-23-17-5-2-4-16(12-17)19(22)20-13-15-7-9-21(10-8-15)14-18-6-3-11-24-18/h2-6,11-12,15H,7-10,13-14H2,1H3,(H,20,22). The van der Waals surface area contributed by atoms with Crippen molar-refractivity contribution in [3.63, 3.8) is 0 Å². The Morgan fingerprint density at radius 1 is 1.29 bits per heavy atom. The average Bonchev–Trinajstić information content (AvgIpc) is 3.14. The zero-order valence-corrected chi connectivity index (χ0v) is 14.8. The summed E-state index contributed by atoms with van der Waals surface area (Å²) in [7, 11) is 1.61. The molecule has 0 radical (unpaired) electrons. The number of thiophene rings is 1. The zero-order chi connectivity index (χ0) is 16.8. The van der Waals surface area contributed by atoms with Crippen molar-refractivity contribution in [3.05, 3.63) is 52.2 Å².